The van der Waals surface area contributed by atoms with Crippen LogP contribution in [0.15, 0.2) is 36.7 Å². The molecule has 26 heavy (non-hydrogen) atoms. The lowest BCUT2D eigenvalue weighted by atomic mass is 10.00. The van der Waals surface area contributed by atoms with Gasteiger partial charge in [-0.3, -0.25) is 9.58 Å². The molecule has 4 nitrogen and oxygen atoms in total. The van der Waals surface area contributed by atoms with Crippen molar-refractivity contribution in [1.29, 1.82) is 0 Å². The van der Waals surface area contributed by atoms with Gasteiger partial charge in [-0.2, -0.15) is 18.3 Å². The van der Waals surface area contributed by atoms with Crippen LogP contribution in [-0.2, 0) is 19.3 Å². The number of aromatic nitrogens is 2. The molecule has 1 aromatic carbocycles. The lowest BCUT2D eigenvalue weighted by Crippen LogP contribution is -2.24. The Balaban J connectivity index is 1.35. The van der Waals surface area contributed by atoms with Gasteiger partial charge in [-0.15, -0.1) is 0 Å². The van der Waals surface area contributed by atoms with E-state index in [9.17, 15) is 18.3 Å². The Kier molecular flexibility index (Phi) is 4.52. The number of alkyl halides is 3. The van der Waals surface area contributed by atoms with Crippen molar-refractivity contribution in [1.82, 2.24) is 14.7 Å². The highest BCUT2D eigenvalue weighted by Crippen LogP contribution is 2.38. The summed E-state index contributed by atoms with van der Waals surface area (Å²) < 4.78 is 39.6. The molecular formula is C19H22F3N3O. The molecule has 0 amide bonds. The number of aliphatic hydroxyl groups excluding tert-OH is 1. The van der Waals surface area contributed by atoms with Gasteiger partial charge in [0.2, 0.25) is 0 Å². The summed E-state index contributed by atoms with van der Waals surface area (Å²) in [5, 5.41) is 14.3. The molecule has 4 rings (SSSR count). The number of aliphatic hydroxyl groups is 1. The van der Waals surface area contributed by atoms with E-state index in [1.54, 1.807) is 4.68 Å². The molecular weight excluding hydrogens is 343 g/mol. The predicted octanol–water partition coefficient (Wildman–Crippen LogP) is 3.15. The third-order valence-corrected chi connectivity index (χ3v) is 5.61. The Labute approximate surface area is 150 Å². The van der Waals surface area contributed by atoms with Gasteiger partial charge >= 0.3 is 6.18 Å². The minimum atomic E-state index is -4.31. The summed E-state index contributed by atoms with van der Waals surface area (Å²) in [5.41, 5.74) is 1.24. The number of benzene rings is 1. The van der Waals surface area contributed by atoms with E-state index >= 15 is 0 Å². The maximum atomic E-state index is 12.6. The molecule has 1 aliphatic carbocycles. The molecule has 2 heterocycles. The molecule has 0 unspecified atom stereocenters. The van der Waals surface area contributed by atoms with Crippen molar-refractivity contribution in [2.45, 2.75) is 38.2 Å². The van der Waals surface area contributed by atoms with Crippen LogP contribution in [0.2, 0.25) is 0 Å². The van der Waals surface area contributed by atoms with Crippen LogP contribution in [-0.4, -0.2) is 39.0 Å². The van der Waals surface area contributed by atoms with E-state index in [-0.39, 0.29) is 6.10 Å². The highest BCUT2D eigenvalue weighted by Gasteiger charge is 2.41. The van der Waals surface area contributed by atoms with E-state index in [2.05, 4.69) is 10.00 Å². The first-order chi connectivity index (χ1) is 12.4. The number of hydrogen-bond acceptors (Lipinski definition) is 3. The molecule has 1 aromatic heterocycles. The molecule has 1 saturated carbocycles. The van der Waals surface area contributed by atoms with Crippen molar-refractivity contribution in [2.75, 3.05) is 13.1 Å². The topological polar surface area (TPSA) is 41.3 Å². The standard InChI is InChI=1S/C19H22F3N3O/c20-19(21,22)16-4-1-13(2-5-16)9-25-10-14(7-23-25)8-24-11-15-3-6-18(26)17(15)12-24/h1-2,4-5,7,10,15,17-18,26H,3,6,8-9,11-12H2/t15-,17+,18-/m1/s1. The highest BCUT2D eigenvalue weighted by molar-refractivity contribution is 5.24. The number of halogens is 3. The maximum absolute atomic E-state index is 12.6. The molecule has 3 atom stereocenters. The Morgan fingerprint density at radius 1 is 1.04 bits per heavy atom. The molecule has 2 fully saturated rings. The van der Waals surface area contributed by atoms with Crippen LogP contribution >= 0.6 is 0 Å². The smallest absolute Gasteiger partial charge is 0.393 e. The van der Waals surface area contributed by atoms with E-state index in [1.165, 1.54) is 12.1 Å². The number of fused-ring (bicyclic) bond motifs is 1. The molecule has 0 spiro atoms. The predicted molar refractivity (Wildman–Crippen MR) is 90.3 cm³/mol. The number of nitrogens with zero attached hydrogens (tertiary/aromatic N) is 3. The number of hydrogen-bond donors (Lipinski definition) is 1. The summed E-state index contributed by atoms with van der Waals surface area (Å²) in [6.45, 7) is 3.19. The summed E-state index contributed by atoms with van der Waals surface area (Å²) in [7, 11) is 0. The minimum Gasteiger partial charge on any atom is -0.393 e. The van der Waals surface area contributed by atoms with Crippen LogP contribution < -0.4 is 0 Å². The number of likely N-dealkylation sites (tertiary alicyclic amines) is 1. The summed E-state index contributed by atoms with van der Waals surface area (Å²) in [4.78, 5) is 2.36. The third-order valence-electron chi connectivity index (χ3n) is 5.61. The van der Waals surface area contributed by atoms with Crippen molar-refractivity contribution < 1.29 is 18.3 Å². The van der Waals surface area contributed by atoms with Gasteiger partial charge in [0.1, 0.15) is 0 Å². The minimum absolute atomic E-state index is 0.160. The van der Waals surface area contributed by atoms with E-state index in [0.29, 0.717) is 18.4 Å². The zero-order valence-electron chi connectivity index (χ0n) is 14.4. The molecule has 1 aliphatic heterocycles. The largest absolute Gasteiger partial charge is 0.416 e. The average Bonchev–Trinajstić information content (AvgIpc) is 3.27. The second-order valence-corrected chi connectivity index (χ2v) is 7.50. The van der Waals surface area contributed by atoms with Gasteiger partial charge in [-0.05, 0) is 36.5 Å². The Bertz CT molecular complexity index is 756. The summed E-state index contributed by atoms with van der Waals surface area (Å²) in [6, 6.07) is 5.20. The van der Waals surface area contributed by atoms with E-state index in [0.717, 1.165) is 55.7 Å². The highest BCUT2D eigenvalue weighted by atomic mass is 19.4. The first-order valence-corrected chi connectivity index (χ1v) is 8.96. The second kappa shape index (κ2) is 6.70. The van der Waals surface area contributed by atoms with Crippen LogP contribution in [0.4, 0.5) is 13.2 Å². The fraction of sp³-hybridized carbons (Fsp3) is 0.526. The third kappa shape index (κ3) is 3.64. The van der Waals surface area contributed by atoms with Gasteiger partial charge in [0.05, 0.1) is 24.4 Å². The zero-order chi connectivity index (χ0) is 18.3. The SMILES string of the molecule is O[C@@H]1CC[C@@H]2CN(Cc3cnn(Cc4ccc(C(F)(F)F)cc4)c3)C[C@@H]21. The average molecular weight is 365 g/mol. The molecule has 0 bridgehead atoms. The summed E-state index contributed by atoms with van der Waals surface area (Å²) >= 11 is 0. The van der Waals surface area contributed by atoms with Crippen molar-refractivity contribution in [3.05, 3.63) is 53.3 Å². The normalized spacial score (nSPS) is 26.4. The quantitative estimate of drug-likeness (QED) is 0.905. The molecule has 0 radical (unpaired) electrons. The second-order valence-electron chi connectivity index (χ2n) is 7.50. The molecule has 1 N–H and O–H groups in total. The van der Waals surface area contributed by atoms with Crippen LogP contribution in [0.1, 0.15) is 29.5 Å². The Morgan fingerprint density at radius 2 is 1.81 bits per heavy atom. The number of rotatable bonds is 4. The van der Waals surface area contributed by atoms with Crippen molar-refractivity contribution in [3.8, 4) is 0 Å². The van der Waals surface area contributed by atoms with Gasteiger partial charge in [0, 0.05) is 37.3 Å². The zero-order valence-corrected chi connectivity index (χ0v) is 14.4. The first-order valence-electron chi connectivity index (χ1n) is 8.96. The van der Waals surface area contributed by atoms with Crippen molar-refractivity contribution in [2.24, 2.45) is 11.8 Å². The monoisotopic (exact) mass is 365 g/mol. The molecule has 140 valence electrons. The lowest BCUT2D eigenvalue weighted by molar-refractivity contribution is -0.137. The fourth-order valence-corrected chi connectivity index (χ4v) is 4.28. The van der Waals surface area contributed by atoms with Crippen molar-refractivity contribution in [3.63, 3.8) is 0 Å². The fourth-order valence-electron chi connectivity index (χ4n) is 4.28. The first kappa shape index (κ1) is 17.5. The maximum Gasteiger partial charge on any atom is 0.416 e. The van der Waals surface area contributed by atoms with E-state index < -0.39 is 11.7 Å². The summed E-state index contributed by atoms with van der Waals surface area (Å²) in [5.74, 6) is 1.00. The summed E-state index contributed by atoms with van der Waals surface area (Å²) in [6.07, 6.45) is 1.33. The molecule has 2 aromatic rings. The van der Waals surface area contributed by atoms with Crippen molar-refractivity contribution >= 4 is 0 Å². The van der Waals surface area contributed by atoms with Gasteiger partial charge in [-0.25, -0.2) is 0 Å². The molecule has 2 aliphatic rings. The van der Waals surface area contributed by atoms with Gasteiger partial charge in [0.25, 0.3) is 0 Å². The molecule has 7 heteroatoms. The van der Waals surface area contributed by atoms with Crippen LogP contribution in [0.5, 0.6) is 0 Å². The lowest BCUT2D eigenvalue weighted by Gasteiger charge is -2.16. The van der Waals surface area contributed by atoms with Crippen LogP contribution in [0.3, 0.4) is 0 Å². The van der Waals surface area contributed by atoms with Crippen LogP contribution in [0, 0.1) is 11.8 Å². The van der Waals surface area contributed by atoms with Gasteiger partial charge in [-0.1, -0.05) is 12.1 Å². The van der Waals surface area contributed by atoms with E-state index in [4.69, 9.17) is 0 Å². The van der Waals surface area contributed by atoms with Gasteiger partial charge in [0.15, 0.2) is 0 Å². The Hall–Kier alpha value is -1.86. The Morgan fingerprint density at radius 3 is 2.50 bits per heavy atom. The van der Waals surface area contributed by atoms with Gasteiger partial charge < -0.3 is 5.11 Å². The van der Waals surface area contributed by atoms with E-state index in [1.807, 2.05) is 12.4 Å². The van der Waals surface area contributed by atoms with Crippen LogP contribution in [0.25, 0.3) is 0 Å². The molecule has 1 saturated heterocycles.